The van der Waals surface area contributed by atoms with E-state index in [4.69, 9.17) is 0 Å². The van der Waals surface area contributed by atoms with E-state index in [1.807, 2.05) is 0 Å². The molecular formula is C22H25FN6O2. The van der Waals surface area contributed by atoms with Gasteiger partial charge in [-0.05, 0) is 43.0 Å². The maximum Gasteiger partial charge on any atom is 0.331 e. The van der Waals surface area contributed by atoms with Crippen LogP contribution in [0.2, 0.25) is 0 Å². The van der Waals surface area contributed by atoms with Crippen molar-refractivity contribution in [1.29, 1.82) is 0 Å². The van der Waals surface area contributed by atoms with Crippen LogP contribution in [0.25, 0.3) is 5.69 Å². The second-order valence-electron chi connectivity index (χ2n) is 8.43. The maximum atomic E-state index is 13.4. The zero-order valence-electron chi connectivity index (χ0n) is 17.4. The fourth-order valence-electron chi connectivity index (χ4n) is 4.70. The predicted octanol–water partition coefficient (Wildman–Crippen LogP) is 2.71. The van der Waals surface area contributed by atoms with Crippen LogP contribution in [0.1, 0.15) is 38.2 Å². The Morgan fingerprint density at radius 3 is 2.77 bits per heavy atom. The number of hydrogen-bond acceptors (Lipinski definition) is 4. The molecule has 3 aliphatic rings. The van der Waals surface area contributed by atoms with Crippen molar-refractivity contribution in [1.82, 2.24) is 20.0 Å². The zero-order valence-corrected chi connectivity index (χ0v) is 17.4. The lowest BCUT2D eigenvalue weighted by Gasteiger charge is -2.35. The summed E-state index contributed by atoms with van der Waals surface area (Å²) in [4.78, 5) is 33.8. The summed E-state index contributed by atoms with van der Waals surface area (Å²) in [5, 5.41) is 7.56. The molecule has 9 heteroatoms. The van der Waals surface area contributed by atoms with Gasteiger partial charge in [-0.15, -0.1) is 0 Å². The molecule has 5 rings (SSSR count). The van der Waals surface area contributed by atoms with Crippen molar-refractivity contribution in [2.24, 2.45) is 10.9 Å². The van der Waals surface area contributed by atoms with Crippen molar-refractivity contribution in [3.05, 3.63) is 41.8 Å². The Labute approximate surface area is 179 Å². The van der Waals surface area contributed by atoms with Gasteiger partial charge in [0.05, 0.1) is 24.0 Å². The first-order valence-electron chi connectivity index (χ1n) is 10.8. The fourth-order valence-corrected chi connectivity index (χ4v) is 4.70. The van der Waals surface area contributed by atoms with E-state index in [1.54, 1.807) is 27.9 Å². The lowest BCUT2D eigenvalue weighted by Crippen LogP contribution is -2.54. The third-order valence-corrected chi connectivity index (χ3v) is 6.37. The summed E-state index contributed by atoms with van der Waals surface area (Å²) in [5.41, 5.74) is 1.30. The van der Waals surface area contributed by atoms with Gasteiger partial charge in [0.1, 0.15) is 18.2 Å². The number of anilines is 1. The van der Waals surface area contributed by atoms with Crippen LogP contribution in [0.15, 0.2) is 35.5 Å². The lowest BCUT2D eigenvalue weighted by molar-refractivity contribution is -0.121. The van der Waals surface area contributed by atoms with Crippen molar-refractivity contribution >= 4 is 23.6 Å². The Hall–Kier alpha value is -3.23. The van der Waals surface area contributed by atoms with Gasteiger partial charge in [-0.3, -0.25) is 19.6 Å². The number of aromatic nitrogens is 2. The first kappa shape index (κ1) is 19.7. The second-order valence-corrected chi connectivity index (χ2v) is 8.43. The molecule has 1 aliphatic carbocycles. The summed E-state index contributed by atoms with van der Waals surface area (Å²) in [6.45, 7) is 3.05. The summed E-state index contributed by atoms with van der Waals surface area (Å²) in [6, 6.07) is 5.71. The van der Waals surface area contributed by atoms with Gasteiger partial charge >= 0.3 is 6.03 Å². The van der Waals surface area contributed by atoms with Crippen LogP contribution < -0.4 is 10.2 Å². The highest BCUT2D eigenvalue weighted by atomic mass is 19.1. The summed E-state index contributed by atoms with van der Waals surface area (Å²) in [7, 11) is 0. The van der Waals surface area contributed by atoms with Gasteiger partial charge in [-0.2, -0.15) is 5.10 Å². The van der Waals surface area contributed by atoms with Gasteiger partial charge in [0.25, 0.3) is 0 Å². The summed E-state index contributed by atoms with van der Waals surface area (Å²) in [6.07, 6.45) is 6.00. The topological polar surface area (TPSA) is 82.8 Å². The number of hydrogen-bond donors (Lipinski definition) is 1. The average Bonchev–Trinajstić information content (AvgIpc) is 3.41. The standard InChI is InChI=1S/C22H25FN6O2/c1-14-4-2-3-5-18(14)26-19(30)13-28-21-17(20-24-10-11-27(20)22(28)31)12-25-29(21)16-8-6-15(23)7-9-16/h6-9,12,14,18H,2-5,10-11,13H2,1H3,(H,26,30). The van der Waals surface area contributed by atoms with E-state index in [1.165, 1.54) is 23.5 Å². The molecular weight excluding hydrogens is 399 g/mol. The molecule has 0 spiro atoms. The Morgan fingerprint density at radius 1 is 1.23 bits per heavy atom. The number of nitrogens with zero attached hydrogens (tertiary/aromatic N) is 5. The number of carbonyl (C=O) groups excluding carboxylic acids is 2. The van der Waals surface area contributed by atoms with Gasteiger partial charge in [-0.25, -0.2) is 13.9 Å². The van der Waals surface area contributed by atoms with Crippen LogP contribution in [0, 0.1) is 11.7 Å². The van der Waals surface area contributed by atoms with Gasteiger partial charge in [0.2, 0.25) is 5.91 Å². The van der Waals surface area contributed by atoms with Crippen LogP contribution in [-0.2, 0) is 4.79 Å². The molecule has 2 atom stereocenters. The molecule has 3 heterocycles. The number of urea groups is 1. The van der Waals surface area contributed by atoms with Gasteiger partial charge < -0.3 is 5.32 Å². The van der Waals surface area contributed by atoms with E-state index in [9.17, 15) is 14.0 Å². The van der Waals surface area contributed by atoms with Gasteiger partial charge in [0.15, 0.2) is 5.82 Å². The number of carbonyl (C=O) groups is 2. The van der Waals surface area contributed by atoms with E-state index in [2.05, 4.69) is 22.3 Å². The molecule has 2 aromatic rings. The quantitative estimate of drug-likeness (QED) is 0.819. The number of amides is 3. The Balaban J connectivity index is 1.48. The molecule has 1 aromatic heterocycles. The SMILES string of the molecule is CC1CCCCC1NC(=O)CN1C(=O)N2CCN=C2c2cnn(-c3ccc(F)cc3)c21. The van der Waals surface area contributed by atoms with E-state index in [-0.39, 0.29) is 30.3 Å². The fraction of sp³-hybridized carbons (Fsp3) is 0.455. The molecule has 2 unspecified atom stereocenters. The Bertz CT molecular complexity index is 1050. The number of rotatable bonds is 4. The minimum absolute atomic E-state index is 0.105. The van der Waals surface area contributed by atoms with Crippen LogP contribution >= 0.6 is 0 Å². The largest absolute Gasteiger partial charge is 0.352 e. The summed E-state index contributed by atoms with van der Waals surface area (Å²) >= 11 is 0. The van der Waals surface area contributed by atoms with Gasteiger partial charge in [-0.1, -0.05) is 19.8 Å². The number of aliphatic imine (C=N–C) groups is 1. The molecule has 2 aliphatic heterocycles. The first-order chi connectivity index (χ1) is 15.0. The monoisotopic (exact) mass is 424 g/mol. The molecule has 0 bridgehead atoms. The molecule has 8 nitrogen and oxygen atoms in total. The molecule has 3 amide bonds. The smallest absolute Gasteiger partial charge is 0.331 e. The number of halogens is 1. The maximum absolute atomic E-state index is 13.4. The molecule has 1 saturated carbocycles. The molecule has 1 fully saturated rings. The average molecular weight is 424 g/mol. The number of fused-ring (bicyclic) bond motifs is 3. The normalized spacial score (nSPS) is 22.8. The van der Waals surface area contributed by atoms with Crippen molar-refractivity contribution in [2.75, 3.05) is 24.5 Å². The Morgan fingerprint density at radius 2 is 2.00 bits per heavy atom. The van der Waals surface area contributed by atoms with Crippen LogP contribution in [0.5, 0.6) is 0 Å². The van der Waals surface area contributed by atoms with Crippen LogP contribution in [0.4, 0.5) is 15.0 Å². The highest BCUT2D eigenvalue weighted by molar-refractivity contribution is 6.20. The minimum atomic E-state index is -0.356. The molecule has 31 heavy (non-hydrogen) atoms. The van der Waals surface area contributed by atoms with Crippen LogP contribution in [0.3, 0.4) is 0 Å². The third kappa shape index (κ3) is 3.47. The van der Waals surface area contributed by atoms with E-state index < -0.39 is 0 Å². The van der Waals surface area contributed by atoms with Crippen LogP contribution in [-0.4, -0.2) is 58.1 Å². The highest BCUT2D eigenvalue weighted by Crippen LogP contribution is 2.33. The van der Waals surface area contributed by atoms with Crippen molar-refractivity contribution in [3.63, 3.8) is 0 Å². The minimum Gasteiger partial charge on any atom is -0.352 e. The van der Waals surface area contributed by atoms with E-state index in [0.717, 1.165) is 19.3 Å². The summed E-state index contributed by atoms with van der Waals surface area (Å²) in [5.74, 6) is 0.938. The molecule has 1 N–H and O–H groups in total. The van der Waals surface area contributed by atoms with Crippen molar-refractivity contribution in [3.8, 4) is 5.69 Å². The number of amidine groups is 1. The number of benzene rings is 1. The van der Waals surface area contributed by atoms with Crippen molar-refractivity contribution in [2.45, 2.75) is 38.6 Å². The first-order valence-corrected chi connectivity index (χ1v) is 10.8. The van der Waals surface area contributed by atoms with E-state index in [0.29, 0.717) is 41.9 Å². The second kappa shape index (κ2) is 7.79. The molecule has 0 radical (unpaired) electrons. The molecule has 162 valence electrons. The molecule has 0 saturated heterocycles. The van der Waals surface area contributed by atoms with E-state index >= 15 is 0 Å². The summed E-state index contributed by atoms with van der Waals surface area (Å²) < 4.78 is 15.0. The third-order valence-electron chi connectivity index (χ3n) is 6.37. The highest BCUT2D eigenvalue weighted by Gasteiger charge is 2.41. The lowest BCUT2D eigenvalue weighted by atomic mass is 9.86. The van der Waals surface area contributed by atoms with Gasteiger partial charge in [0, 0.05) is 12.6 Å². The molecule has 1 aromatic carbocycles. The zero-order chi connectivity index (χ0) is 21.5. The predicted molar refractivity (Wildman–Crippen MR) is 114 cm³/mol. The Kier molecular flexibility index (Phi) is 4.95. The van der Waals surface area contributed by atoms with Crippen molar-refractivity contribution < 1.29 is 14.0 Å². The number of nitrogens with one attached hydrogen (secondary N) is 1.